The minimum Gasteiger partial charge on any atom is -0.260 e. The monoisotopic (exact) mass is 173 g/mol. The maximum Gasteiger partial charge on any atom is 0.0467 e. The maximum absolute atomic E-state index is 4.36. The van der Waals surface area contributed by atoms with Gasteiger partial charge in [0.15, 0.2) is 0 Å². The zero-order chi connectivity index (χ0) is 9.84. The molecule has 0 fully saturated rings. The van der Waals surface area contributed by atoms with Gasteiger partial charge < -0.3 is 0 Å². The summed E-state index contributed by atoms with van der Waals surface area (Å²) in [6.45, 7) is 11.9. The molecule has 1 heterocycles. The lowest BCUT2D eigenvalue weighted by molar-refractivity contribution is 1.26. The Balaban J connectivity index is 3.03. The molecule has 0 bridgehead atoms. The van der Waals surface area contributed by atoms with Crippen LogP contribution in [0.25, 0.3) is 0 Å². The Kier molecular flexibility index (Phi) is 3.02. The predicted octanol–water partition coefficient (Wildman–Crippen LogP) is 3.42. The predicted molar refractivity (Wildman–Crippen MR) is 58.9 cm³/mol. The van der Waals surface area contributed by atoms with E-state index >= 15 is 0 Å². The molecule has 0 saturated carbocycles. The van der Waals surface area contributed by atoms with Crippen LogP contribution < -0.4 is 0 Å². The molecule has 0 atom stereocenters. The number of nitrogens with zero attached hydrogens (tertiary/aromatic N) is 1. The fourth-order valence-corrected chi connectivity index (χ4v) is 1.13. The summed E-state index contributed by atoms with van der Waals surface area (Å²) in [4.78, 5) is 4.36. The highest BCUT2D eigenvalue weighted by molar-refractivity contribution is 6.02. The van der Waals surface area contributed by atoms with Gasteiger partial charge in [0.2, 0.25) is 0 Å². The molecule has 0 N–H and O–H groups in total. The van der Waals surface area contributed by atoms with Gasteiger partial charge in [0.25, 0.3) is 0 Å². The first-order valence-electron chi connectivity index (χ1n) is 4.45. The average molecular weight is 173 g/mol. The van der Waals surface area contributed by atoms with Crippen LogP contribution in [0.2, 0.25) is 0 Å². The second kappa shape index (κ2) is 4.04. The zero-order valence-electron chi connectivity index (χ0n) is 8.30. The van der Waals surface area contributed by atoms with E-state index in [1.807, 2.05) is 25.3 Å². The van der Waals surface area contributed by atoms with Crippen LogP contribution in [0.4, 0.5) is 0 Å². The lowest BCUT2D eigenvalue weighted by atomic mass is 10.1. The van der Waals surface area contributed by atoms with Crippen LogP contribution >= 0.6 is 0 Å². The van der Waals surface area contributed by atoms with Gasteiger partial charge >= 0.3 is 0 Å². The number of rotatable bonds is 2. The molecule has 1 aliphatic heterocycles. The van der Waals surface area contributed by atoms with Gasteiger partial charge in [0.05, 0.1) is 0 Å². The van der Waals surface area contributed by atoms with E-state index in [1.165, 1.54) is 0 Å². The van der Waals surface area contributed by atoms with Crippen molar-refractivity contribution in [1.29, 1.82) is 0 Å². The van der Waals surface area contributed by atoms with E-state index in [-0.39, 0.29) is 0 Å². The molecule has 1 aliphatic rings. The molecule has 0 aromatic heterocycles. The van der Waals surface area contributed by atoms with E-state index in [0.717, 1.165) is 28.9 Å². The summed E-state index contributed by atoms with van der Waals surface area (Å²) in [5.41, 5.74) is 4.15. The van der Waals surface area contributed by atoms with E-state index < -0.39 is 0 Å². The van der Waals surface area contributed by atoms with E-state index in [4.69, 9.17) is 0 Å². The number of hydrogen-bond donors (Lipinski definition) is 0. The van der Waals surface area contributed by atoms with Crippen LogP contribution in [0.15, 0.2) is 53.2 Å². The number of aliphatic imine (C=N–C) groups is 1. The Hall–Kier alpha value is -1.37. The van der Waals surface area contributed by atoms with E-state index in [9.17, 15) is 0 Å². The van der Waals surface area contributed by atoms with Crippen molar-refractivity contribution in [2.75, 3.05) is 0 Å². The van der Waals surface area contributed by atoms with Crippen molar-refractivity contribution in [3.63, 3.8) is 0 Å². The third-order valence-corrected chi connectivity index (χ3v) is 2.02. The van der Waals surface area contributed by atoms with Crippen molar-refractivity contribution in [2.24, 2.45) is 4.99 Å². The molecule has 0 aromatic carbocycles. The van der Waals surface area contributed by atoms with Crippen LogP contribution in [0, 0.1) is 0 Å². The summed E-state index contributed by atoms with van der Waals surface area (Å²) in [6.07, 6.45) is 6.78. The van der Waals surface area contributed by atoms with Crippen molar-refractivity contribution in [1.82, 2.24) is 0 Å². The van der Waals surface area contributed by atoms with Crippen molar-refractivity contribution < 1.29 is 0 Å². The van der Waals surface area contributed by atoms with Gasteiger partial charge in [-0.25, -0.2) is 0 Å². The molecular weight excluding hydrogens is 158 g/mol. The first-order chi connectivity index (χ1) is 6.15. The fourth-order valence-electron chi connectivity index (χ4n) is 1.13. The maximum atomic E-state index is 4.36. The fraction of sp³-hybridized carbons (Fsp3) is 0.250. The van der Waals surface area contributed by atoms with Crippen LogP contribution in [-0.2, 0) is 0 Å². The van der Waals surface area contributed by atoms with Crippen LogP contribution in [0.1, 0.15) is 20.3 Å². The molecule has 0 aromatic rings. The minimum atomic E-state index is 0.920. The first kappa shape index (κ1) is 9.72. The third-order valence-electron chi connectivity index (χ3n) is 2.02. The summed E-state index contributed by atoms with van der Waals surface area (Å²) in [5.74, 6) is 0. The second-order valence-electron chi connectivity index (χ2n) is 3.15. The highest BCUT2D eigenvalue weighted by Gasteiger charge is 2.02. The summed E-state index contributed by atoms with van der Waals surface area (Å²) < 4.78 is 0. The lowest BCUT2D eigenvalue weighted by Gasteiger charge is -1.97. The third kappa shape index (κ3) is 2.28. The molecule has 0 aliphatic carbocycles. The normalized spacial score (nSPS) is 16.3. The Morgan fingerprint density at radius 2 is 2.15 bits per heavy atom. The summed E-state index contributed by atoms with van der Waals surface area (Å²) in [7, 11) is 0. The standard InChI is InChI=1S/C12H15N/c1-5-12-10(4)6-7-11(8-13-12)9(2)3/h6-8H,2,4-5H2,1,3H3. The Morgan fingerprint density at radius 1 is 1.46 bits per heavy atom. The van der Waals surface area contributed by atoms with Gasteiger partial charge in [-0.15, -0.1) is 0 Å². The summed E-state index contributed by atoms with van der Waals surface area (Å²) in [6, 6.07) is 0. The zero-order valence-corrected chi connectivity index (χ0v) is 8.30. The molecule has 0 amide bonds. The molecule has 13 heavy (non-hydrogen) atoms. The largest absolute Gasteiger partial charge is 0.260 e. The van der Waals surface area contributed by atoms with E-state index in [2.05, 4.69) is 25.1 Å². The van der Waals surface area contributed by atoms with Gasteiger partial charge in [-0.2, -0.15) is 0 Å². The molecule has 1 heteroatoms. The first-order valence-corrected chi connectivity index (χ1v) is 4.45. The van der Waals surface area contributed by atoms with Gasteiger partial charge in [-0.1, -0.05) is 32.2 Å². The van der Waals surface area contributed by atoms with Gasteiger partial charge in [-0.05, 0) is 30.1 Å². The Morgan fingerprint density at radius 3 is 2.69 bits per heavy atom. The Labute approximate surface area is 79.9 Å². The highest BCUT2D eigenvalue weighted by atomic mass is 14.7. The molecule has 0 unspecified atom stereocenters. The van der Waals surface area contributed by atoms with Gasteiger partial charge in [0.1, 0.15) is 0 Å². The molecular formula is C12H15N. The van der Waals surface area contributed by atoms with Crippen molar-refractivity contribution >= 4 is 5.71 Å². The topological polar surface area (TPSA) is 12.4 Å². The number of allylic oxidation sites excluding steroid dienone is 5. The summed E-state index contributed by atoms with van der Waals surface area (Å²) >= 11 is 0. The number of hydrogen-bond acceptors (Lipinski definition) is 1. The van der Waals surface area contributed by atoms with E-state index in [0.29, 0.717) is 0 Å². The SMILES string of the molecule is C=C(C)C1=CN=C(CC)C(=C)C=C1. The van der Waals surface area contributed by atoms with Gasteiger partial charge in [-0.3, -0.25) is 4.99 Å². The molecule has 0 spiro atoms. The molecule has 0 saturated heterocycles. The van der Waals surface area contributed by atoms with Crippen LogP contribution in [0.3, 0.4) is 0 Å². The van der Waals surface area contributed by atoms with Crippen LogP contribution in [-0.4, -0.2) is 5.71 Å². The van der Waals surface area contributed by atoms with E-state index in [1.54, 1.807) is 0 Å². The molecule has 1 rings (SSSR count). The smallest absolute Gasteiger partial charge is 0.0467 e. The van der Waals surface area contributed by atoms with Gasteiger partial charge in [0, 0.05) is 11.9 Å². The van der Waals surface area contributed by atoms with Crippen molar-refractivity contribution in [3.05, 3.63) is 48.2 Å². The van der Waals surface area contributed by atoms with Crippen molar-refractivity contribution in [2.45, 2.75) is 20.3 Å². The van der Waals surface area contributed by atoms with Crippen LogP contribution in [0.5, 0.6) is 0 Å². The minimum absolute atomic E-state index is 0.920. The summed E-state index contributed by atoms with van der Waals surface area (Å²) in [5, 5.41) is 0. The second-order valence-corrected chi connectivity index (χ2v) is 3.15. The molecule has 0 radical (unpaired) electrons. The molecule has 1 nitrogen and oxygen atoms in total. The lowest BCUT2D eigenvalue weighted by Crippen LogP contribution is -1.95. The molecule has 68 valence electrons. The highest BCUT2D eigenvalue weighted by Crippen LogP contribution is 2.15. The Bertz CT molecular complexity index is 327. The van der Waals surface area contributed by atoms with Crippen molar-refractivity contribution in [3.8, 4) is 0 Å². The average Bonchev–Trinajstić information content (AvgIpc) is 2.27. The quantitative estimate of drug-likeness (QED) is 0.606.